The van der Waals surface area contributed by atoms with Crippen LogP contribution >= 0.6 is 0 Å². The van der Waals surface area contributed by atoms with Crippen LogP contribution in [0.2, 0.25) is 0 Å². The highest BCUT2D eigenvalue weighted by atomic mass is 19.1. The van der Waals surface area contributed by atoms with Crippen molar-refractivity contribution in [3.05, 3.63) is 59.9 Å². The number of urea groups is 1. The number of hydrogen-bond acceptors (Lipinski definition) is 4. The monoisotopic (exact) mass is 413 g/mol. The van der Waals surface area contributed by atoms with Crippen LogP contribution in [0.5, 0.6) is 5.75 Å². The molecule has 158 valence electrons. The second-order valence-corrected chi connectivity index (χ2v) is 7.12. The van der Waals surface area contributed by atoms with Gasteiger partial charge in [0.1, 0.15) is 23.7 Å². The maximum Gasteiger partial charge on any atom is 0.325 e. The van der Waals surface area contributed by atoms with Crippen LogP contribution in [0.3, 0.4) is 0 Å². The molecule has 4 amide bonds. The number of carbonyl (C=O) groups is 3. The number of nitrogens with zero attached hydrogens (tertiary/aromatic N) is 1. The predicted octanol–water partition coefficient (Wildman–Crippen LogP) is 3.41. The van der Waals surface area contributed by atoms with Gasteiger partial charge in [-0.15, -0.1) is 0 Å². The Morgan fingerprint density at radius 1 is 1.20 bits per heavy atom. The molecule has 1 fully saturated rings. The molecule has 3 rings (SSSR count). The highest BCUT2D eigenvalue weighted by Crippen LogP contribution is 2.34. The second kappa shape index (κ2) is 8.94. The van der Waals surface area contributed by atoms with Gasteiger partial charge in [0.25, 0.3) is 5.91 Å². The molecule has 1 aliphatic rings. The normalized spacial score (nSPS) is 18.3. The third-order valence-corrected chi connectivity index (χ3v) is 5.07. The van der Waals surface area contributed by atoms with E-state index in [1.807, 2.05) is 6.92 Å². The summed E-state index contributed by atoms with van der Waals surface area (Å²) in [5, 5.41) is 5.40. The molecule has 2 aromatic rings. The lowest BCUT2D eigenvalue weighted by Gasteiger charge is -2.27. The van der Waals surface area contributed by atoms with Crippen molar-refractivity contribution in [2.24, 2.45) is 0 Å². The Kier molecular flexibility index (Phi) is 6.34. The highest BCUT2D eigenvalue weighted by Gasteiger charge is 2.52. The summed E-state index contributed by atoms with van der Waals surface area (Å²) in [4.78, 5) is 39.3. The number of benzene rings is 2. The Balaban J connectivity index is 1.80. The van der Waals surface area contributed by atoms with E-state index in [4.69, 9.17) is 4.74 Å². The van der Waals surface area contributed by atoms with E-state index in [0.717, 1.165) is 11.3 Å². The summed E-state index contributed by atoms with van der Waals surface area (Å²) in [7, 11) is 1.51. The molecule has 0 saturated carbocycles. The zero-order valence-corrected chi connectivity index (χ0v) is 16.9. The molecule has 0 aromatic heterocycles. The van der Waals surface area contributed by atoms with E-state index in [2.05, 4.69) is 10.6 Å². The van der Waals surface area contributed by atoms with Gasteiger partial charge in [-0.3, -0.25) is 14.5 Å². The van der Waals surface area contributed by atoms with E-state index >= 15 is 0 Å². The average molecular weight is 413 g/mol. The zero-order valence-electron chi connectivity index (χ0n) is 16.9. The number of unbranched alkanes of at least 4 members (excludes halogenated alkanes) is 1. The Morgan fingerprint density at radius 2 is 1.93 bits per heavy atom. The van der Waals surface area contributed by atoms with Gasteiger partial charge in [-0.05, 0) is 36.2 Å². The lowest BCUT2D eigenvalue weighted by atomic mass is 9.85. The number of imide groups is 1. The number of methoxy groups -OCH3 is 1. The summed E-state index contributed by atoms with van der Waals surface area (Å²) in [5.74, 6) is -0.904. The fraction of sp³-hybridized carbons (Fsp3) is 0.318. The van der Waals surface area contributed by atoms with Crippen molar-refractivity contribution in [2.45, 2.75) is 31.7 Å². The van der Waals surface area contributed by atoms with E-state index in [1.54, 1.807) is 24.3 Å². The van der Waals surface area contributed by atoms with Gasteiger partial charge in [0, 0.05) is 11.8 Å². The number of hydrogen-bond donors (Lipinski definition) is 2. The zero-order chi connectivity index (χ0) is 21.7. The van der Waals surface area contributed by atoms with Crippen LogP contribution in [-0.4, -0.2) is 36.4 Å². The van der Waals surface area contributed by atoms with Crippen LogP contribution in [-0.2, 0) is 15.1 Å². The van der Waals surface area contributed by atoms with Crippen molar-refractivity contribution in [3.63, 3.8) is 0 Å². The van der Waals surface area contributed by atoms with Gasteiger partial charge in [0.05, 0.1) is 7.11 Å². The van der Waals surface area contributed by atoms with E-state index in [1.165, 1.54) is 31.4 Å². The summed E-state index contributed by atoms with van der Waals surface area (Å²) in [6.45, 7) is 1.54. The third-order valence-electron chi connectivity index (χ3n) is 5.07. The van der Waals surface area contributed by atoms with Gasteiger partial charge in [-0.2, -0.15) is 0 Å². The SMILES string of the molecule is CCCC[C@]1(c2ccc(F)cc2)NC(=O)N(CC(=O)Nc2cccc(OC)c2)C1=O. The molecular formula is C22H24FN3O4. The van der Waals surface area contributed by atoms with Gasteiger partial charge in [-0.25, -0.2) is 9.18 Å². The fourth-order valence-corrected chi connectivity index (χ4v) is 3.50. The maximum absolute atomic E-state index is 13.4. The molecule has 1 aliphatic heterocycles. The highest BCUT2D eigenvalue weighted by molar-refractivity contribution is 6.10. The fourth-order valence-electron chi connectivity index (χ4n) is 3.50. The summed E-state index contributed by atoms with van der Waals surface area (Å²) in [6.07, 6.45) is 1.84. The van der Waals surface area contributed by atoms with Gasteiger partial charge < -0.3 is 15.4 Å². The first-order valence-electron chi connectivity index (χ1n) is 9.73. The van der Waals surface area contributed by atoms with Gasteiger partial charge in [-0.1, -0.05) is 38.0 Å². The van der Waals surface area contributed by atoms with E-state index in [0.29, 0.717) is 29.8 Å². The first-order chi connectivity index (χ1) is 14.4. The van der Waals surface area contributed by atoms with Crippen molar-refractivity contribution in [1.82, 2.24) is 10.2 Å². The van der Waals surface area contributed by atoms with Gasteiger partial charge in [0.15, 0.2) is 0 Å². The van der Waals surface area contributed by atoms with Crippen molar-refractivity contribution < 1.29 is 23.5 Å². The Bertz CT molecular complexity index is 948. The molecular weight excluding hydrogens is 389 g/mol. The second-order valence-electron chi connectivity index (χ2n) is 7.12. The molecule has 0 spiro atoms. The molecule has 2 aromatic carbocycles. The van der Waals surface area contributed by atoms with Gasteiger partial charge >= 0.3 is 6.03 Å². The van der Waals surface area contributed by atoms with Crippen LogP contribution in [0.15, 0.2) is 48.5 Å². The first kappa shape index (κ1) is 21.3. The molecule has 0 unspecified atom stereocenters. The lowest BCUT2D eigenvalue weighted by molar-refractivity contribution is -0.134. The molecule has 30 heavy (non-hydrogen) atoms. The number of rotatable bonds is 8. The van der Waals surface area contributed by atoms with Crippen molar-refractivity contribution in [3.8, 4) is 5.75 Å². The molecule has 1 atom stereocenters. The standard InChI is InChI=1S/C22H24FN3O4/c1-3-4-12-22(15-8-10-16(23)11-9-15)20(28)26(21(29)25-22)14-19(27)24-17-6-5-7-18(13-17)30-2/h5-11,13H,3-4,12,14H2,1-2H3,(H,24,27)(H,25,29)/t22-/m1/s1. The minimum absolute atomic E-state index is 0.355. The Morgan fingerprint density at radius 3 is 2.60 bits per heavy atom. The molecule has 7 nitrogen and oxygen atoms in total. The van der Waals surface area contributed by atoms with Crippen molar-refractivity contribution in [2.75, 3.05) is 19.0 Å². The van der Waals surface area contributed by atoms with Crippen LogP contribution in [0.1, 0.15) is 31.7 Å². The summed E-state index contributed by atoms with van der Waals surface area (Å²) in [6, 6.07) is 11.6. The summed E-state index contributed by atoms with van der Waals surface area (Å²) >= 11 is 0. The molecule has 1 saturated heterocycles. The minimum atomic E-state index is -1.31. The Hall–Kier alpha value is -3.42. The third kappa shape index (κ3) is 4.27. The minimum Gasteiger partial charge on any atom is -0.497 e. The van der Waals surface area contributed by atoms with E-state index in [-0.39, 0.29) is 0 Å². The van der Waals surface area contributed by atoms with Crippen molar-refractivity contribution >= 4 is 23.5 Å². The molecule has 0 aliphatic carbocycles. The number of carbonyl (C=O) groups excluding carboxylic acids is 3. The molecule has 0 bridgehead atoms. The largest absolute Gasteiger partial charge is 0.497 e. The van der Waals surface area contributed by atoms with Crippen molar-refractivity contribution in [1.29, 1.82) is 0 Å². The lowest BCUT2D eigenvalue weighted by Crippen LogP contribution is -2.44. The van der Waals surface area contributed by atoms with Crippen LogP contribution in [0, 0.1) is 5.82 Å². The first-order valence-corrected chi connectivity index (χ1v) is 9.73. The summed E-state index contributed by atoms with van der Waals surface area (Å²) in [5.41, 5.74) is -0.328. The molecule has 2 N–H and O–H groups in total. The van der Waals surface area contributed by atoms with E-state index in [9.17, 15) is 18.8 Å². The average Bonchev–Trinajstić information content (AvgIpc) is 2.98. The molecule has 1 heterocycles. The van der Waals surface area contributed by atoms with Crippen LogP contribution in [0.4, 0.5) is 14.9 Å². The number of amides is 4. The van der Waals surface area contributed by atoms with E-state index < -0.39 is 35.7 Å². The quantitative estimate of drug-likeness (QED) is 0.650. The topological polar surface area (TPSA) is 87.7 Å². The smallest absolute Gasteiger partial charge is 0.325 e. The van der Waals surface area contributed by atoms with Gasteiger partial charge in [0.2, 0.25) is 5.91 Å². The molecule has 0 radical (unpaired) electrons. The van der Waals surface area contributed by atoms with Crippen LogP contribution < -0.4 is 15.4 Å². The Labute approximate surface area is 174 Å². The number of halogens is 1. The maximum atomic E-state index is 13.4. The number of nitrogens with one attached hydrogen (secondary N) is 2. The van der Waals surface area contributed by atoms with Crippen LogP contribution in [0.25, 0.3) is 0 Å². The molecule has 8 heteroatoms. The predicted molar refractivity (Wildman–Crippen MR) is 109 cm³/mol. The number of ether oxygens (including phenoxy) is 1. The number of anilines is 1. The summed E-state index contributed by atoms with van der Waals surface area (Å²) < 4.78 is 18.5.